The molecular formula is C33H22N2O2S5. The lowest BCUT2D eigenvalue weighted by atomic mass is 10.1. The zero-order valence-corrected chi connectivity index (χ0v) is 26.3. The Morgan fingerprint density at radius 1 is 0.619 bits per heavy atom. The molecule has 0 aliphatic heterocycles. The van der Waals surface area contributed by atoms with Crippen LogP contribution >= 0.6 is 56.7 Å². The summed E-state index contributed by atoms with van der Waals surface area (Å²) in [7, 11) is 0. The fourth-order valence-corrected chi connectivity index (χ4v) is 10.6. The fraction of sp³-hybridized carbons (Fsp3) is 0.0606. The van der Waals surface area contributed by atoms with Gasteiger partial charge in [0.05, 0.1) is 6.42 Å². The van der Waals surface area contributed by atoms with Crippen LogP contribution in [0.4, 0.5) is 0 Å². The van der Waals surface area contributed by atoms with Crippen LogP contribution < -0.4 is 0 Å². The van der Waals surface area contributed by atoms with Crippen molar-refractivity contribution < 1.29 is 9.90 Å². The third-order valence-corrected chi connectivity index (χ3v) is 13.2. The van der Waals surface area contributed by atoms with Crippen LogP contribution in [0, 0.1) is 6.92 Å². The highest BCUT2D eigenvalue weighted by Crippen LogP contribution is 2.48. The van der Waals surface area contributed by atoms with Crippen molar-refractivity contribution in [1.29, 1.82) is 0 Å². The minimum Gasteiger partial charge on any atom is -0.481 e. The standard InChI is InChI=1S/C33H22N2O2S5/c1-19-14-29(25-8-6-23(38-25)20-4-2-12-34-17-20)41-32(19)27-10-11-28(40-27)33-22(16-31(36)37)15-30(42-33)26-9-7-24(39-26)21-5-3-13-35-18-21/h2-15,17-18H,16H2,1H3,(H,36,37). The highest BCUT2D eigenvalue weighted by molar-refractivity contribution is 7.30. The zero-order chi connectivity index (χ0) is 28.6. The quantitative estimate of drug-likeness (QED) is 0.180. The average molecular weight is 639 g/mol. The SMILES string of the molecule is Cc1cc(-c2ccc(-c3cccnc3)s2)sc1-c1ccc(-c2sc(-c3ccc(-c4cccnc4)s3)cc2CC(=O)O)s1. The molecule has 0 amide bonds. The number of nitrogens with zero attached hydrogens (tertiary/aromatic N) is 2. The zero-order valence-electron chi connectivity index (χ0n) is 22.2. The number of hydrogen-bond donors (Lipinski definition) is 1. The van der Waals surface area contributed by atoms with E-state index in [1.165, 1.54) is 29.9 Å². The van der Waals surface area contributed by atoms with Crippen LogP contribution in [0.2, 0.25) is 0 Å². The lowest BCUT2D eigenvalue weighted by molar-refractivity contribution is -0.136. The lowest BCUT2D eigenvalue weighted by Crippen LogP contribution is -1.99. The monoisotopic (exact) mass is 638 g/mol. The molecule has 7 aromatic rings. The van der Waals surface area contributed by atoms with Crippen LogP contribution in [0.1, 0.15) is 11.1 Å². The smallest absolute Gasteiger partial charge is 0.307 e. The molecule has 4 nitrogen and oxygen atoms in total. The first kappa shape index (κ1) is 27.1. The third-order valence-electron chi connectivity index (χ3n) is 6.71. The van der Waals surface area contributed by atoms with Gasteiger partial charge < -0.3 is 5.11 Å². The molecule has 42 heavy (non-hydrogen) atoms. The second-order valence-electron chi connectivity index (χ2n) is 9.63. The minimum atomic E-state index is -0.819. The van der Waals surface area contributed by atoms with Gasteiger partial charge in [-0.15, -0.1) is 56.7 Å². The number of thiophene rings is 5. The molecule has 0 unspecified atom stereocenters. The molecule has 7 heterocycles. The van der Waals surface area contributed by atoms with Crippen molar-refractivity contribution in [3.05, 3.63) is 109 Å². The van der Waals surface area contributed by atoms with E-state index in [2.05, 4.69) is 77.6 Å². The number of aryl methyl sites for hydroxylation is 1. The lowest BCUT2D eigenvalue weighted by Gasteiger charge is -1.98. The first-order chi connectivity index (χ1) is 20.5. The van der Waals surface area contributed by atoms with Crippen molar-refractivity contribution in [2.75, 3.05) is 0 Å². The Hall–Kier alpha value is -3.73. The third kappa shape index (κ3) is 5.42. The molecule has 7 rings (SSSR count). The molecule has 0 saturated heterocycles. The Morgan fingerprint density at radius 3 is 1.69 bits per heavy atom. The Labute approximate surface area is 262 Å². The Bertz CT molecular complexity index is 2010. The summed E-state index contributed by atoms with van der Waals surface area (Å²) in [5.41, 5.74) is 4.32. The fourth-order valence-electron chi connectivity index (χ4n) is 4.75. The van der Waals surface area contributed by atoms with Gasteiger partial charge >= 0.3 is 5.97 Å². The van der Waals surface area contributed by atoms with Crippen molar-refractivity contribution in [2.45, 2.75) is 13.3 Å². The van der Waals surface area contributed by atoms with E-state index in [0.29, 0.717) is 0 Å². The molecule has 1 N–H and O–H groups in total. The maximum absolute atomic E-state index is 11.8. The number of carbonyl (C=O) groups is 1. The van der Waals surface area contributed by atoms with Crippen LogP contribution in [-0.2, 0) is 11.2 Å². The van der Waals surface area contributed by atoms with Gasteiger partial charge in [0.1, 0.15) is 0 Å². The van der Waals surface area contributed by atoms with Crippen molar-refractivity contribution in [2.24, 2.45) is 0 Å². The predicted molar refractivity (Wildman–Crippen MR) is 180 cm³/mol. The van der Waals surface area contributed by atoms with Gasteiger partial charge in [0.25, 0.3) is 0 Å². The van der Waals surface area contributed by atoms with E-state index in [1.54, 1.807) is 57.7 Å². The molecule has 0 aliphatic carbocycles. The van der Waals surface area contributed by atoms with E-state index in [0.717, 1.165) is 41.1 Å². The van der Waals surface area contributed by atoms with Gasteiger partial charge in [0.2, 0.25) is 0 Å². The normalized spacial score (nSPS) is 11.3. The van der Waals surface area contributed by atoms with Crippen LogP contribution in [0.15, 0.2) is 97.6 Å². The number of aromatic nitrogens is 2. The summed E-state index contributed by atoms with van der Waals surface area (Å²) in [5, 5.41) is 9.68. The minimum absolute atomic E-state index is 0.000270. The predicted octanol–water partition coefficient (Wildman–Crippen LogP) is 10.7. The maximum atomic E-state index is 11.8. The molecule has 0 spiro atoms. The van der Waals surface area contributed by atoms with E-state index in [-0.39, 0.29) is 6.42 Å². The first-order valence-electron chi connectivity index (χ1n) is 13.1. The highest BCUT2D eigenvalue weighted by Gasteiger charge is 2.20. The molecule has 7 aromatic heterocycles. The molecule has 0 aromatic carbocycles. The first-order valence-corrected chi connectivity index (χ1v) is 17.2. The van der Waals surface area contributed by atoms with Gasteiger partial charge in [-0.3, -0.25) is 14.8 Å². The topological polar surface area (TPSA) is 63.1 Å². The summed E-state index contributed by atoms with van der Waals surface area (Å²) >= 11 is 8.71. The van der Waals surface area contributed by atoms with Gasteiger partial charge in [0.15, 0.2) is 0 Å². The number of rotatable bonds is 8. The largest absolute Gasteiger partial charge is 0.481 e. The summed E-state index contributed by atoms with van der Waals surface area (Å²) in [6.45, 7) is 2.17. The summed E-state index contributed by atoms with van der Waals surface area (Å²) in [4.78, 5) is 32.0. The van der Waals surface area contributed by atoms with E-state index < -0.39 is 5.97 Å². The number of hydrogen-bond acceptors (Lipinski definition) is 8. The average Bonchev–Trinajstić information content (AvgIpc) is 3.83. The van der Waals surface area contributed by atoms with E-state index in [1.807, 2.05) is 35.9 Å². The van der Waals surface area contributed by atoms with Crippen LogP contribution in [-0.4, -0.2) is 21.0 Å². The second kappa shape index (κ2) is 11.5. The molecule has 0 bridgehead atoms. The van der Waals surface area contributed by atoms with Gasteiger partial charge in [0, 0.05) is 84.7 Å². The molecule has 0 fully saturated rings. The van der Waals surface area contributed by atoms with E-state index in [4.69, 9.17) is 0 Å². The number of aliphatic carboxylic acids is 1. The molecular weight excluding hydrogens is 617 g/mol. The molecule has 0 saturated carbocycles. The van der Waals surface area contributed by atoms with Gasteiger partial charge in [-0.1, -0.05) is 12.1 Å². The van der Waals surface area contributed by atoms with Crippen molar-refractivity contribution in [3.63, 3.8) is 0 Å². The van der Waals surface area contributed by atoms with Gasteiger partial charge in [-0.2, -0.15) is 0 Å². The van der Waals surface area contributed by atoms with E-state index >= 15 is 0 Å². The number of carboxylic acid groups (broad SMARTS) is 1. The number of carboxylic acids is 1. The highest BCUT2D eigenvalue weighted by atomic mass is 32.1. The van der Waals surface area contributed by atoms with Gasteiger partial charge in [-0.25, -0.2) is 0 Å². The van der Waals surface area contributed by atoms with Crippen molar-refractivity contribution in [1.82, 2.24) is 9.97 Å². The summed E-state index contributed by atoms with van der Waals surface area (Å²) in [5.74, 6) is -0.819. The summed E-state index contributed by atoms with van der Waals surface area (Å²) in [6, 6.07) is 25.3. The summed E-state index contributed by atoms with van der Waals surface area (Å²) < 4.78 is 0. The Balaban J connectivity index is 1.19. The number of pyridine rings is 2. The Morgan fingerprint density at radius 2 is 1.12 bits per heavy atom. The maximum Gasteiger partial charge on any atom is 0.307 e. The Kier molecular flexibility index (Phi) is 7.43. The van der Waals surface area contributed by atoms with Crippen molar-refractivity contribution >= 4 is 62.7 Å². The van der Waals surface area contributed by atoms with Crippen LogP contribution in [0.25, 0.3) is 59.9 Å². The summed E-state index contributed by atoms with van der Waals surface area (Å²) in [6.07, 6.45) is 7.35. The second-order valence-corrected chi connectivity index (χ2v) is 15.0. The molecule has 0 radical (unpaired) electrons. The molecule has 206 valence electrons. The van der Waals surface area contributed by atoms with Crippen LogP contribution in [0.5, 0.6) is 0 Å². The molecule has 0 aliphatic rings. The molecule has 9 heteroatoms. The van der Waals surface area contributed by atoms with Crippen molar-refractivity contribution in [3.8, 4) is 59.9 Å². The van der Waals surface area contributed by atoms with Crippen LogP contribution in [0.3, 0.4) is 0 Å². The molecule has 0 atom stereocenters. The van der Waals surface area contributed by atoms with E-state index in [9.17, 15) is 9.90 Å². The van der Waals surface area contributed by atoms with Gasteiger partial charge in [-0.05, 0) is 78.7 Å².